The highest BCUT2D eigenvalue weighted by molar-refractivity contribution is 7.13. The normalized spacial score (nSPS) is 12.0. The summed E-state index contributed by atoms with van der Waals surface area (Å²) in [5, 5.41) is 8.37. The van der Waals surface area contributed by atoms with Crippen LogP contribution in [0.5, 0.6) is 0 Å². The van der Waals surface area contributed by atoms with E-state index in [4.69, 9.17) is 0 Å². The van der Waals surface area contributed by atoms with Crippen molar-refractivity contribution < 1.29 is 9.59 Å². The molecule has 0 saturated heterocycles. The van der Waals surface area contributed by atoms with Gasteiger partial charge in [-0.1, -0.05) is 13.8 Å². The molecule has 0 aliphatic carbocycles. The van der Waals surface area contributed by atoms with E-state index in [0.29, 0.717) is 5.69 Å². The number of amides is 2. The van der Waals surface area contributed by atoms with Crippen molar-refractivity contribution in [3.05, 3.63) is 35.8 Å². The van der Waals surface area contributed by atoms with Crippen LogP contribution in [0.15, 0.2) is 35.8 Å². The maximum absolute atomic E-state index is 12.3. The zero-order valence-corrected chi connectivity index (χ0v) is 13.6. The van der Waals surface area contributed by atoms with Crippen LogP contribution in [0, 0.1) is 5.92 Å². The Labute approximate surface area is 133 Å². The van der Waals surface area contributed by atoms with E-state index < -0.39 is 6.04 Å². The molecule has 0 aliphatic heterocycles. The van der Waals surface area contributed by atoms with Crippen molar-refractivity contribution in [2.75, 3.05) is 5.32 Å². The maximum atomic E-state index is 12.3. The van der Waals surface area contributed by atoms with Gasteiger partial charge in [0.1, 0.15) is 11.0 Å². The molecule has 0 spiro atoms. The highest BCUT2D eigenvalue weighted by atomic mass is 32.1. The fourth-order valence-corrected chi connectivity index (χ4v) is 2.68. The molecule has 116 valence electrons. The van der Waals surface area contributed by atoms with Gasteiger partial charge in [-0.15, -0.1) is 11.3 Å². The first kappa shape index (κ1) is 16.2. The Bertz CT molecular complexity index is 636. The predicted molar refractivity (Wildman–Crippen MR) is 88.6 cm³/mol. The summed E-state index contributed by atoms with van der Waals surface area (Å²) >= 11 is 1.57. The minimum absolute atomic E-state index is 0.0125. The van der Waals surface area contributed by atoms with Crippen molar-refractivity contribution >= 4 is 28.8 Å². The van der Waals surface area contributed by atoms with E-state index in [1.54, 1.807) is 17.5 Å². The number of hydrogen-bond donors (Lipinski definition) is 2. The monoisotopic (exact) mass is 317 g/mol. The average molecular weight is 317 g/mol. The van der Waals surface area contributed by atoms with Crippen LogP contribution in [0.25, 0.3) is 10.6 Å². The van der Waals surface area contributed by atoms with Gasteiger partial charge in [0.2, 0.25) is 11.8 Å². The Morgan fingerprint density at radius 3 is 2.36 bits per heavy atom. The molecule has 1 heterocycles. The summed E-state index contributed by atoms with van der Waals surface area (Å²) in [4.78, 5) is 27.7. The zero-order chi connectivity index (χ0) is 16.1. The first-order valence-corrected chi connectivity index (χ1v) is 7.93. The highest BCUT2D eigenvalue weighted by Gasteiger charge is 2.22. The van der Waals surface area contributed by atoms with Crippen LogP contribution >= 0.6 is 11.3 Å². The third-order valence-corrected chi connectivity index (χ3v) is 3.96. The van der Waals surface area contributed by atoms with E-state index >= 15 is 0 Å². The van der Waals surface area contributed by atoms with Crippen molar-refractivity contribution in [3.8, 4) is 10.6 Å². The summed E-state index contributed by atoms with van der Waals surface area (Å²) in [5.74, 6) is -0.418. The summed E-state index contributed by atoms with van der Waals surface area (Å²) in [6, 6.07) is 6.95. The molecule has 5 nitrogen and oxygen atoms in total. The van der Waals surface area contributed by atoms with Gasteiger partial charge in [-0.2, -0.15) is 0 Å². The zero-order valence-electron chi connectivity index (χ0n) is 12.8. The van der Waals surface area contributed by atoms with Crippen molar-refractivity contribution in [2.45, 2.75) is 26.8 Å². The molecule has 1 aromatic heterocycles. The van der Waals surface area contributed by atoms with Crippen molar-refractivity contribution in [1.82, 2.24) is 10.3 Å². The summed E-state index contributed by atoms with van der Waals surface area (Å²) in [7, 11) is 0. The molecular weight excluding hydrogens is 298 g/mol. The molecule has 1 aromatic carbocycles. The molecule has 1 unspecified atom stereocenters. The first-order chi connectivity index (χ1) is 10.5. The number of benzene rings is 1. The number of carbonyl (C=O) groups is 2. The number of hydrogen-bond acceptors (Lipinski definition) is 4. The lowest BCUT2D eigenvalue weighted by Crippen LogP contribution is -2.46. The van der Waals surface area contributed by atoms with E-state index in [-0.39, 0.29) is 17.7 Å². The van der Waals surface area contributed by atoms with Crippen molar-refractivity contribution in [1.29, 1.82) is 0 Å². The molecule has 22 heavy (non-hydrogen) atoms. The standard InChI is InChI=1S/C16H19N3O2S/c1-10(2)14(18-11(3)20)15(21)19-13-6-4-12(5-7-13)16-17-8-9-22-16/h4-10,14H,1-3H3,(H,18,20)(H,19,21). The van der Waals surface area contributed by atoms with E-state index in [0.717, 1.165) is 10.6 Å². The fraction of sp³-hybridized carbons (Fsp3) is 0.312. The predicted octanol–water partition coefficient (Wildman–Crippen LogP) is 2.91. The summed E-state index contributed by atoms with van der Waals surface area (Å²) in [5.41, 5.74) is 1.71. The molecule has 2 rings (SSSR count). The number of thiazole rings is 1. The van der Waals surface area contributed by atoms with Crippen molar-refractivity contribution in [3.63, 3.8) is 0 Å². The van der Waals surface area contributed by atoms with Gasteiger partial charge in [-0.25, -0.2) is 4.98 Å². The molecule has 2 aromatic rings. The lowest BCUT2D eigenvalue weighted by molar-refractivity contribution is -0.126. The maximum Gasteiger partial charge on any atom is 0.247 e. The van der Waals surface area contributed by atoms with E-state index in [2.05, 4.69) is 15.6 Å². The second kappa shape index (κ2) is 7.17. The van der Waals surface area contributed by atoms with E-state index in [1.165, 1.54) is 6.92 Å². The van der Waals surface area contributed by atoms with Gasteiger partial charge < -0.3 is 10.6 Å². The van der Waals surface area contributed by atoms with Crippen LogP contribution in [0.2, 0.25) is 0 Å². The van der Waals surface area contributed by atoms with E-state index in [9.17, 15) is 9.59 Å². The van der Waals surface area contributed by atoms with Crippen molar-refractivity contribution in [2.24, 2.45) is 5.92 Å². The number of nitrogens with one attached hydrogen (secondary N) is 2. The Morgan fingerprint density at radius 2 is 1.86 bits per heavy atom. The van der Waals surface area contributed by atoms with Crippen LogP contribution in [0.1, 0.15) is 20.8 Å². The minimum atomic E-state index is -0.545. The minimum Gasteiger partial charge on any atom is -0.344 e. The number of aromatic nitrogens is 1. The van der Waals surface area contributed by atoms with Gasteiger partial charge in [-0.3, -0.25) is 9.59 Å². The van der Waals surface area contributed by atoms with Crippen LogP contribution in [-0.4, -0.2) is 22.8 Å². The quantitative estimate of drug-likeness (QED) is 0.890. The SMILES string of the molecule is CC(=O)NC(C(=O)Nc1ccc(-c2nccs2)cc1)C(C)C. The number of rotatable bonds is 5. The Morgan fingerprint density at radius 1 is 1.18 bits per heavy atom. The average Bonchev–Trinajstić information content (AvgIpc) is 2.99. The number of carbonyl (C=O) groups excluding carboxylic acids is 2. The fourth-order valence-electron chi connectivity index (χ4n) is 2.04. The van der Waals surface area contributed by atoms with Gasteiger partial charge in [-0.05, 0) is 30.2 Å². The lowest BCUT2D eigenvalue weighted by atomic mass is 10.0. The van der Waals surface area contributed by atoms with Crippen LogP contribution < -0.4 is 10.6 Å². The Balaban J connectivity index is 2.06. The molecule has 1 atom stereocenters. The third kappa shape index (κ3) is 4.14. The molecule has 0 fully saturated rings. The second-order valence-corrected chi connectivity index (χ2v) is 6.22. The van der Waals surface area contributed by atoms with E-state index in [1.807, 2.05) is 43.5 Å². The Kier molecular flexibility index (Phi) is 5.27. The molecule has 0 bridgehead atoms. The topological polar surface area (TPSA) is 71.1 Å². The Hall–Kier alpha value is -2.21. The van der Waals surface area contributed by atoms with Crippen LogP contribution in [0.4, 0.5) is 5.69 Å². The lowest BCUT2D eigenvalue weighted by Gasteiger charge is -2.20. The summed E-state index contributed by atoms with van der Waals surface area (Å²) in [6.07, 6.45) is 1.76. The summed E-state index contributed by atoms with van der Waals surface area (Å²) in [6.45, 7) is 5.20. The highest BCUT2D eigenvalue weighted by Crippen LogP contribution is 2.23. The molecule has 2 amide bonds. The van der Waals surface area contributed by atoms with Gasteiger partial charge >= 0.3 is 0 Å². The third-order valence-electron chi connectivity index (χ3n) is 3.14. The second-order valence-electron chi connectivity index (χ2n) is 5.33. The largest absolute Gasteiger partial charge is 0.344 e. The van der Waals surface area contributed by atoms with Gasteiger partial charge in [0, 0.05) is 29.8 Å². The first-order valence-electron chi connectivity index (χ1n) is 7.05. The van der Waals surface area contributed by atoms with Gasteiger partial charge in [0.15, 0.2) is 0 Å². The molecule has 0 radical (unpaired) electrons. The summed E-state index contributed by atoms with van der Waals surface area (Å²) < 4.78 is 0. The number of anilines is 1. The molecule has 6 heteroatoms. The smallest absolute Gasteiger partial charge is 0.247 e. The number of nitrogens with zero attached hydrogens (tertiary/aromatic N) is 1. The van der Waals surface area contributed by atoms with Crippen LogP contribution in [0.3, 0.4) is 0 Å². The van der Waals surface area contributed by atoms with Crippen LogP contribution in [-0.2, 0) is 9.59 Å². The molecule has 0 saturated carbocycles. The molecule has 0 aliphatic rings. The van der Waals surface area contributed by atoms with Gasteiger partial charge in [0.25, 0.3) is 0 Å². The van der Waals surface area contributed by atoms with Gasteiger partial charge in [0.05, 0.1) is 0 Å². The molecular formula is C16H19N3O2S. The molecule has 2 N–H and O–H groups in total.